The molecular formula is C15H22N2O. The van der Waals surface area contributed by atoms with Gasteiger partial charge in [-0.05, 0) is 50.8 Å². The lowest BCUT2D eigenvalue weighted by molar-refractivity contribution is 0.411. The molecule has 1 aromatic rings. The van der Waals surface area contributed by atoms with Crippen LogP contribution in [0.4, 0.5) is 0 Å². The van der Waals surface area contributed by atoms with Crippen molar-refractivity contribution in [2.75, 3.05) is 14.2 Å². The molecule has 0 aromatic carbocycles. The second-order valence-corrected chi connectivity index (χ2v) is 4.81. The van der Waals surface area contributed by atoms with E-state index in [9.17, 15) is 0 Å². The Morgan fingerprint density at radius 3 is 2.94 bits per heavy atom. The van der Waals surface area contributed by atoms with Gasteiger partial charge < -0.3 is 10.1 Å². The summed E-state index contributed by atoms with van der Waals surface area (Å²) in [5.74, 6) is 0.824. The van der Waals surface area contributed by atoms with Gasteiger partial charge in [0.25, 0.3) is 0 Å². The molecule has 1 heterocycles. The SMILES string of the molecule is CNC(CC1=CCCCC1)c1cncc(OC)c1. The number of methoxy groups -OCH3 is 1. The third kappa shape index (κ3) is 3.33. The standard InChI is InChI=1S/C15H22N2O/c1-16-15(8-12-6-4-3-5-7-12)13-9-14(18-2)11-17-10-13/h6,9-11,15-16H,3-5,7-8H2,1-2H3. The van der Waals surface area contributed by atoms with Crippen molar-refractivity contribution in [1.82, 2.24) is 10.3 Å². The summed E-state index contributed by atoms with van der Waals surface area (Å²) in [6.07, 6.45) is 12.3. The third-order valence-electron chi connectivity index (χ3n) is 3.57. The van der Waals surface area contributed by atoms with Gasteiger partial charge in [0.2, 0.25) is 0 Å². The van der Waals surface area contributed by atoms with E-state index in [1.54, 1.807) is 18.9 Å². The van der Waals surface area contributed by atoms with Gasteiger partial charge in [-0.15, -0.1) is 0 Å². The predicted octanol–water partition coefficient (Wildman–Crippen LogP) is 3.24. The van der Waals surface area contributed by atoms with Crippen LogP contribution in [-0.2, 0) is 0 Å². The molecule has 0 aliphatic heterocycles. The van der Waals surface area contributed by atoms with E-state index in [2.05, 4.69) is 22.4 Å². The van der Waals surface area contributed by atoms with Crippen molar-refractivity contribution in [3.05, 3.63) is 35.7 Å². The molecule has 1 atom stereocenters. The normalized spacial score (nSPS) is 17.1. The average molecular weight is 246 g/mol. The Balaban J connectivity index is 2.09. The van der Waals surface area contributed by atoms with Gasteiger partial charge in [0, 0.05) is 12.2 Å². The molecule has 1 aromatic heterocycles. The highest BCUT2D eigenvalue weighted by Gasteiger charge is 2.14. The maximum Gasteiger partial charge on any atom is 0.137 e. The van der Waals surface area contributed by atoms with Crippen LogP contribution >= 0.6 is 0 Å². The van der Waals surface area contributed by atoms with E-state index in [-0.39, 0.29) is 0 Å². The first kappa shape index (κ1) is 13.1. The first-order chi connectivity index (χ1) is 8.83. The highest BCUT2D eigenvalue weighted by atomic mass is 16.5. The molecule has 0 bridgehead atoms. The minimum absolute atomic E-state index is 0.331. The lowest BCUT2D eigenvalue weighted by atomic mass is 9.92. The van der Waals surface area contributed by atoms with Gasteiger partial charge in [0.15, 0.2) is 0 Å². The number of nitrogens with zero attached hydrogens (tertiary/aromatic N) is 1. The third-order valence-corrected chi connectivity index (χ3v) is 3.57. The minimum Gasteiger partial charge on any atom is -0.495 e. The van der Waals surface area contributed by atoms with E-state index < -0.39 is 0 Å². The molecule has 98 valence electrons. The number of allylic oxidation sites excluding steroid dienone is 1. The molecule has 1 aliphatic carbocycles. The van der Waals surface area contributed by atoms with Crippen LogP contribution in [0.1, 0.15) is 43.7 Å². The minimum atomic E-state index is 0.331. The second-order valence-electron chi connectivity index (χ2n) is 4.81. The average Bonchev–Trinajstić information content (AvgIpc) is 2.46. The maximum absolute atomic E-state index is 5.23. The number of ether oxygens (including phenoxy) is 1. The summed E-state index contributed by atoms with van der Waals surface area (Å²) in [5.41, 5.74) is 2.77. The summed E-state index contributed by atoms with van der Waals surface area (Å²) in [7, 11) is 3.69. The number of hydrogen-bond acceptors (Lipinski definition) is 3. The van der Waals surface area contributed by atoms with Gasteiger partial charge in [-0.3, -0.25) is 4.98 Å². The number of rotatable bonds is 5. The fraction of sp³-hybridized carbons (Fsp3) is 0.533. The Morgan fingerprint density at radius 2 is 2.28 bits per heavy atom. The number of aromatic nitrogens is 1. The Morgan fingerprint density at radius 1 is 1.39 bits per heavy atom. The van der Waals surface area contributed by atoms with Crippen LogP contribution in [0.2, 0.25) is 0 Å². The first-order valence-electron chi connectivity index (χ1n) is 6.67. The van der Waals surface area contributed by atoms with Crippen molar-refractivity contribution in [3.8, 4) is 5.75 Å². The number of nitrogens with one attached hydrogen (secondary N) is 1. The van der Waals surface area contributed by atoms with Crippen molar-refractivity contribution in [2.45, 2.75) is 38.1 Å². The molecule has 0 amide bonds. The van der Waals surface area contributed by atoms with E-state index in [4.69, 9.17) is 4.74 Å². The number of hydrogen-bond donors (Lipinski definition) is 1. The molecule has 0 radical (unpaired) electrons. The first-order valence-corrected chi connectivity index (χ1v) is 6.67. The highest BCUT2D eigenvalue weighted by molar-refractivity contribution is 5.27. The summed E-state index contributed by atoms with van der Waals surface area (Å²) in [6.45, 7) is 0. The van der Waals surface area contributed by atoms with Crippen molar-refractivity contribution >= 4 is 0 Å². The molecule has 2 rings (SSSR count). The molecule has 1 aliphatic rings. The molecule has 3 heteroatoms. The summed E-state index contributed by atoms with van der Waals surface area (Å²) >= 11 is 0. The van der Waals surface area contributed by atoms with Crippen LogP contribution < -0.4 is 10.1 Å². The largest absolute Gasteiger partial charge is 0.495 e. The molecule has 3 nitrogen and oxygen atoms in total. The van der Waals surface area contributed by atoms with Crippen molar-refractivity contribution in [2.24, 2.45) is 0 Å². The van der Waals surface area contributed by atoms with Crippen molar-refractivity contribution < 1.29 is 4.74 Å². The van der Waals surface area contributed by atoms with Crippen LogP contribution in [0.5, 0.6) is 5.75 Å². The Labute approximate surface area is 109 Å². The molecule has 1 unspecified atom stereocenters. The van der Waals surface area contributed by atoms with Crippen LogP contribution in [-0.4, -0.2) is 19.1 Å². The summed E-state index contributed by atoms with van der Waals surface area (Å²) in [4.78, 5) is 4.23. The molecule has 0 saturated heterocycles. The van der Waals surface area contributed by atoms with E-state index >= 15 is 0 Å². The molecular weight excluding hydrogens is 224 g/mol. The van der Waals surface area contributed by atoms with Crippen molar-refractivity contribution in [1.29, 1.82) is 0 Å². The van der Waals surface area contributed by atoms with Gasteiger partial charge in [-0.1, -0.05) is 11.6 Å². The van der Waals surface area contributed by atoms with E-state index in [0.717, 1.165) is 12.2 Å². The molecule has 1 N–H and O–H groups in total. The molecule has 18 heavy (non-hydrogen) atoms. The maximum atomic E-state index is 5.23. The smallest absolute Gasteiger partial charge is 0.137 e. The van der Waals surface area contributed by atoms with Gasteiger partial charge in [0.05, 0.1) is 13.3 Å². The van der Waals surface area contributed by atoms with Crippen LogP contribution in [0.15, 0.2) is 30.1 Å². The highest BCUT2D eigenvalue weighted by Crippen LogP contribution is 2.28. The summed E-state index contributed by atoms with van der Waals surface area (Å²) in [5, 5.41) is 3.38. The Kier molecular flexibility index (Phi) is 4.76. The van der Waals surface area contributed by atoms with Crippen LogP contribution in [0.3, 0.4) is 0 Å². The monoisotopic (exact) mass is 246 g/mol. The Bertz CT molecular complexity index is 415. The summed E-state index contributed by atoms with van der Waals surface area (Å²) in [6, 6.07) is 2.40. The van der Waals surface area contributed by atoms with E-state index in [0.29, 0.717) is 6.04 Å². The second kappa shape index (κ2) is 6.55. The lowest BCUT2D eigenvalue weighted by Gasteiger charge is -2.20. The Hall–Kier alpha value is -1.35. The molecule has 0 spiro atoms. The number of pyridine rings is 1. The fourth-order valence-electron chi connectivity index (χ4n) is 2.48. The predicted molar refractivity (Wildman–Crippen MR) is 73.8 cm³/mol. The van der Waals surface area contributed by atoms with Gasteiger partial charge in [0.1, 0.15) is 5.75 Å². The topological polar surface area (TPSA) is 34.2 Å². The van der Waals surface area contributed by atoms with Crippen LogP contribution in [0, 0.1) is 0 Å². The molecule has 0 saturated carbocycles. The van der Waals surface area contributed by atoms with E-state index in [1.807, 2.05) is 13.2 Å². The van der Waals surface area contributed by atoms with Gasteiger partial charge >= 0.3 is 0 Å². The van der Waals surface area contributed by atoms with Gasteiger partial charge in [-0.25, -0.2) is 0 Å². The summed E-state index contributed by atoms with van der Waals surface area (Å²) < 4.78 is 5.23. The molecule has 0 fully saturated rings. The van der Waals surface area contributed by atoms with E-state index in [1.165, 1.54) is 31.2 Å². The zero-order valence-electron chi connectivity index (χ0n) is 11.3. The van der Waals surface area contributed by atoms with Gasteiger partial charge in [-0.2, -0.15) is 0 Å². The fourth-order valence-corrected chi connectivity index (χ4v) is 2.48. The quantitative estimate of drug-likeness (QED) is 0.810. The zero-order chi connectivity index (χ0) is 12.8. The van der Waals surface area contributed by atoms with Crippen molar-refractivity contribution in [3.63, 3.8) is 0 Å². The lowest BCUT2D eigenvalue weighted by Crippen LogP contribution is -2.17. The zero-order valence-corrected chi connectivity index (χ0v) is 11.3. The van der Waals surface area contributed by atoms with Crippen LogP contribution in [0.25, 0.3) is 0 Å².